The van der Waals surface area contributed by atoms with Crippen molar-refractivity contribution in [3.05, 3.63) is 65.3 Å². The average molecular weight is 398 g/mol. The Hall–Kier alpha value is -2.17. The molecule has 5 heteroatoms. The van der Waals surface area contributed by atoms with E-state index in [9.17, 15) is 9.90 Å². The first kappa shape index (κ1) is 18.2. The third-order valence-corrected chi connectivity index (χ3v) is 6.50. The van der Waals surface area contributed by atoms with Crippen molar-refractivity contribution in [2.75, 3.05) is 5.75 Å². The molecule has 0 spiro atoms. The topological polar surface area (TPSA) is 42.2 Å². The van der Waals surface area contributed by atoms with Crippen molar-refractivity contribution in [3.8, 4) is 22.3 Å². The van der Waals surface area contributed by atoms with Gasteiger partial charge in [0.15, 0.2) is 0 Å². The first-order chi connectivity index (χ1) is 13.1. The maximum atomic E-state index is 11.7. The van der Waals surface area contributed by atoms with Crippen LogP contribution in [0.5, 0.6) is 0 Å². The molecule has 1 aromatic heterocycles. The summed E-state index contributed by atoms with van der Waals surface area (Å²) >= 11 is 7.92. The molecule has 0 saturated carbocycles. The smallest absolute Gasteiger partial charge is 0.309 e. The lowest BCUT2D eigenvalue weighted by Crippen LogP contribution is -2.13. The van der Waals surface area contributed by atoms with E-state index in [2.05, 4.69) is 23.6 Å². The van der Waals surface area contributed by atoms with E-state index in [-0.39, 0.29) is 6.42 Å². The number of nitrogens with zero attached hydrogens (tertiary/aromatic N) is 1. The molecule has 0 aliphatic carbocycles. The van der Waals surface area contributed by atoms with Crippen molar-refractivity contribution in [1.82, 2.24) is 4.57 Å². The van der Waals surface area contributed by atoms with Crippen molar-refractivity contribution in [1.29, 1.82) is 0 Å². The molecule has 1 N–H and O–H groups in total. The lowest BCUT2D eigenvalue weighted by atomic mass is 9.95. The number of thioether (sulfide) groups is 1. The highest BCUT2D eigenvalue weighted by molar-refractivity contribution is 7.99. The van der Waals surface area contributed by atoms with Gasteiger partial charge in [-0.2, -0.15) is 0 Å². The van der Waals surface area contributed by atoms with Crippen LogP contribution in [-0.4, -0.2) is 21.4 Å². The van der Waals surface area contributed by atoms with Crippen LogP contribution in [0.2, 0.25) is 5.02 Å². The highest BCUT2D eigenvalue weighted by Gasteiger charge is 2.33. The summed E-state index contributed by atoms with van der Waals surface area (Å²) in [6, 6.07) is 18.3. The molecule has 138 valence electrons. The second-order valence-corrected chi connectivity index (χ2v) is 8.13. The zero-order chi connectivity index (χ0) is 19.0. The van der Waals surface area contributed by atoms with E-state index in [0.717, 1.165) is 40.1 Å². The van der Waals surface area contributed by atoms with Crippen molar-refractivity contribution >= 4 is 29.3 Å². The monoisotopic (exact) mass is 397 g/mol. The highest BCUT2D eigenvalue weighted by atomic mass is 35.5. The predicted molar refractivity (Wildman–Crippen MR) is 112 cm³/mol. The van der Waals surface area contributed by atoms with Gasteiger partial charge in [-0.15, -0.1) is 11.8 Å². The molecular formula is C22H20ClNO2S. The molecule has 0 radical (unpaired) electrons. The Balaban J connectivity index is 2.05. The van der Waals surface area contributed by atoms with Crippen molar-refractivity contribution in [2.45, 2.75) is 30.8 Å². The number of carboxylic acids is 1. The summed E-state index contributed by atoms with van der Waals surface area (Å²) in [7, 11) is 0. The molecular weight excluding hydrogens is 378 g/mol. The molecule has 0 bridgehead atoms. The van der Waals surface area contributed by atoms with E-state index in [4.69, 9.17) is 11.6 Å². The van der Waals surface area contributed by atoms with Gasteiger partial charge in [-0.05, 0) is 29.7 Å². The summed E-state index contributed by atoms with van der Waals surface area (Å²) in [5, 5.41) is 11.5. The average Bonchev–Trinajstić information content (AvgIpc) is 3.21. The van der Waals surface area contributed by atoms with Gasteiger partial charge in [-0.25, -0.2) is 0 Å². The summed E-state index contributed by atoms with van der Waals surface area (Å²) < 4.78 is 2.27. The number of carbonyl (C=O) groups is 1. The molecule has 2 aromatic carbocycles. The fourth-order valence-electron chi connectivity index (χ4n) is 3.81. The van der Waals surface area contributed by atoms with E-state index in [0.29, 0.717) is 11.1 Å². The molecule has 1 atom stereocenters. The summed E-state index contributed by atoms with van der Waals surface area (Å²) in [5.41, 5.74) is 5.16. The number of hydrogen-bond acceptors (Lipinski definition) is 2. The first-order valence-electron chi connectivity index (χ1n) is 9.03. The quantitative estimate of drug-likeness (QED) is 0.560. The Morgan fingerprint density at radius 2 is 1.78 bits per heavy atom. The Bertz CT molecular complexity index is 980. The lowest BCUT2D eigenvalue weighted by molar-refractivity contribution is -0.136. The molecule has 2 heterocycles. The van der Waals surface area contributed by atoms with Crippen LogP contribution in [-0.2, 0) is 11.2 Å². The number of halogens is 1. The Morgan fingerprint density at radius 1 is 1.11 bits per heavy atom. The van der Waals surface area contributed by atoms with Gasteiger partial charge in [0, 0.05) is 33.6 Å². The van der Waals surface area contributed by atoms with Crippen molar-refractivity contribution in [2.24, 2.45) is 0 Å². The minimum atomic E-state index is -0.808. The Morgan fingerprint density at radius 3 is 2.41 bits per heavy atom. The van der Waals surface area contributed by atoms with Gasteiger partial charge in [-0.3, -0.25) is 4.79 Å². The number of aliphatic carboxylic acids is 1. The number of aromatic nitrogens is 1. The number of carboxylic acid groups (broad SMARTS) is 1. The van der Waals surface area contributed by atoms with Crippen molar-refractivity contribution < 1.29 is 9.90 Å². The Kier molecular flexibility index (Phi) is 5.02. The van der Waals surface area contributed by atoms with E-state index in [1.807, 2.05) is 54.2 Å². The number of hydrogen-bond donors (Lipinski definition) is 1. The Labute approximate surface area is 168 Å². The van der Waals surface area contributed by atoms with Gasteiger partial charge in [0.05, 0.1) is 11.4 Å². The van der Waals surface area contributed by atoms with E-state index in [1.54, 1.807) is 0 Å². The molecule has 1 unspecified atom stereocenters. The third-order valence-electron chi connectivity index (χ3n) is 5.02. The number of rotatable bonds is 5. The molecule has 4 rings (SSSR count). The fraction of sp³-hybridized carbons (Fsp3) is 0.227. The lowest BCUT2D eigenvalue weighted by Gasteiger charge is -2.15. The fourth-order valence-corrected chi connectivity index (χ4v) is 5.43. The van der Waals surface area contributed by atoms with E-state index >= 15 is 0 Å². The highest BCUT2D eigenvalue weighted by Crippen LogP contribution is 2.50. The van der Waals surface area contributed by atoms with Gasteiger partial charge in [0.2, 0.25) is 0 Å². The van der Waals surface area contributed by atoms with Gasteiger partial charge >= 0.3 is 5.97 Å². The molecule has 3 aromatic rings. The van der Waals surface area contributed by atoms with Gasteiger partial charge in [-0.1, -0.05) is 61.0 Å². The van der Waals surface area contributed by atoms with Crippen molar-refractivity contribution in [3.63, 3.8) is 0 Å². The second kappa shape index (κ2) is 7.45. The summed E-state index contributed by atoms with van der Waals surface area (Å²) in [6.07, 6.45) is 0.991. The van der Waals surface area contributed by atoms with Crippen LogP contribution >= 0.6 is 23.4 Å². The molecule has 27 heavy (non-hydrogen) atoms. The zero-order valence-corrected chi connectivity index (χ0v) is 16.6. The van der Waals surface area contributed by atoms with Crippen LogP contribution in [0.25, 0.3) is 22.3 Å². The molecule has 3 nitrogen and oxygen atoms in total. The van der Waals surface area contributed by atoms with Gasteiger partial charge in [0.25, 0.3) is 0 Å². The van der Waals surface area contributed by atoms with E-state index < -0.39 is 5.97 Å². The SMILES string of the molecule is CCC1CSc2c(-c3ccccc3)c(-c3ccc(Cl)cc3)c(CC(=O)O)n21. The number of benzene rings is 2. The van der Waals surface area contributed by atoms with Crippen LogP contribution < -0.4 is 0 Å². The normalized spacial score (nSPS) is 15.7. The first-order valence-corrected chi connectivity index (χ1v) is 10.4. The summed E-state index contributed by atoms with van der Waals surface area (Å²) in [5.74, 6) is 0.177. The van der Waals surface area contributed by atoms with Crippen LogP contribution in [0.4, 0.5) is 0 Å². The van der Waals surface area contributed by atoms with Crippen LogP contribution in [0, 0.1) is 0 Å². The summed E-state index contributed by atoms with van der Waals surface area (Å²) in [4.78, 5) is 11.7. The van der Waals surface area contributed by atoms with Crippen LogP contribution in [0.3, 0.4) is 0 Å². The number of fused-ring (bicyclic) bond motifs is 1. The van der Waals surface area contributed by atoms with Gasteiger partial charge in [0.1, 0.15) is 0 Å². The molecule has 0 amide bonds. The minimum absolute atomic E-state index is 0.00878. The molecule has 0 fully saturated rings. The zero-order valence-electron chi connectivity index (χ0n) is 15.0. The predicted octanol–water partition coefficient (Wildman–Crippen LogP) is 6.16. The van der Waals surface area contributed by atoms with E-state index in [1.165, 1.54) is 5.03 Å². The molecule has 1 aliphatic heterocycles. The third kappa shape index (κ3) is 3.28. The summed E-state index contributed by atoms with van der Waals surface area (Å²) in [6.45, 7) is 2.16. The minimum Gasteiger partial charge on any atom is -0.481 e. The molecule has 0 saturated heterocycles. The van der Waals surface area contributed by atoms with Gasteiger partial charge < -0.3 is 9.67 Å². The van der Waals surface area contributed by atoms with Crippen LogP contribution in [0.1, 0.15) is 25.1 Å². The maximum Gasteiger partial charge on any atom is 0.309 e. The largest absolute Gasteiger partial charge is 0.481 e. The maximum absolute atomic E-state index is 11.7. The second-order valence-electron chi connectivity index (χ2n) is 6.69. The van der Waals surface area contributed by atoms with Crippen LogP contribution in [0.15, 0.2) is 59.6 Å². The molecule has 1 aliphatic rings. The standard InChI is InChI=1S/C22H20ClNO2S/c1-2-17-13-27-22-21(14-6-4-3-5-7-14)20(15-8-10-16(23)11-9-15)18(24(17)22)12-19(25)26/h3-11,17H,2,12-13H2,1H3,(H,25,26).